The largest absolute Gasteiger partial charge is 0.309 e. The summed E-state index contributed by atoms with van der Waals surface area (Å²) in [7, 11) is 4.43. The number of nitrogens with zero attached hydrogens (tertiary/aromatic N) is 2. The second-order valence-corrected chi connectivity index (χ2v) is 6.74. The fraction of sp³-hybridized carbons (Fsp3) is 0.667. The van der Waals surface area contributed by atoms with Crippen molar-refractivity contribution in [2.45, 2.75) is 44.3 Å². The first kappa shape index (κ1) is 15.0. The van der Waals surface area contributed by atoms with Crippen LogP contribution in [0.1, 0.15) is 36.9 Å². The van der Waals surface area contributed by atoms with Gasteiger partial charge in [0.05, 0.1) is 0 Å². The average Bonchev–Trinajstić information content (AvgIpc) is 2.98. The summed E-state index contributed by atoms with van der Waals surface area (Å²) in [5.74, 6) is 0. The van der Waals surface area contributed by atoms with Crippen molar-refractivity contribution in [1.29, 1.82) is 0 Å². The molecule has 3 heteroatoms. The topological polar surface area (TPSA) is 18.5 Å². The molecule has 1 aromatic carbocycles. The number of hydrogen-bond donors (Lipinski definition) is 1. The molecule has 0 bridgehead atoms. The molecule has 21 heavy (non-hydrogen) atoms. The highest BCUT2D eigenvalue weighted by molar-refractivity contribution is 5.34. The lowest BCUT2D eigenvalue weighted by atomic mass is 9.83. The Balaban J connectivity index is 1.79. The summed E-state index contributed by atoms with van der Waals surface area (Å²) in [5, 5.41) is 3.76. The standard InChI is InChI=1S/C18H29N3/c1-4-19-18-16-8-6-5-7-14(16)9-10-17(18)21-12-11-15(13-21)20(2)3/h5-8,15,17-19H,4,9-13H2,1-3H3. The third kappa shape index (κ3) is 3.01. The minimum absolute atomic E-state index is 0.501. The van der Waals surface area contributed by atoms with E-state index in [0.29, 0.717) is 12.1 Å². The number of rotatable bonds is 4. The summed E-state index contributed by atoms with van der Waals surface area (Å²) in [4.78, 5) is 5.12. The zero-order valence-corrected chi connectivity index (χ0v) is 13.7. The molecule has 1 aliphatic heterocycles. The first-order chi connectivity index (χ1) is 10.2. The molecule has 0 spiro atoms. The second kappa shape index (κ2) is 6.47. The quantitative estimate of drug-likeness (QED) is 0.916. The zero-order chi connectivity index (χ0) is 14.8. The fourth-order valence-corrected chi connectivity index (χ4v) is 4.09. The van der Waals surface area contributed by atoms with Gasteiger partial charge in [0.2, 0.25) is 0 Å². The molecule has 3 unspecified atom stereocenters. The Labute approximate surface area is 129 Å². The van der Waals surface area contributed by atoms with Gasteiger partial charge in [0.25, 0.3) is 0 Å². The fourth-order valence-electron chi connectivity index (χ4n) is 4.09. The average molecular weight is 287 g/mol. The van der Waals surface area contributed by atoms with Crippen molar-refractivity contribution in [2.75, 3.05) is 33.7 Å². The summed E-state index contributed by atoms with van der Waals surface area (Å²) in [6.45, 7) is 5.74. The van der Waals surface area contributed by atoms with E-state index in [2.05, 4.69) is 60.4 Å². The summed E-state index contributed by atoms with van der Waals surface area (Å²) in [6, 6.07) is 10.9. The van der Waals surface area contributed by atoms with Crippen molar-refractivity contribution in [3.63, 3.8) is 0 Å². The Hall–Kier alpha value is -0.900. The maximum Gasteiger partial charge on any atom is 0.0480 e. The Bertz CT molecular complexity index is 471. The highest BCUT2D eigenvalue weighted by Gasteiger charge is 2.36. The number of aryl methyl sites for hydroxylation is 1. The van der Waals surface area contributed by atoms with Crippen LogP contribution < -0.4 is 5.32 Å². The number of nitrogens with one attached hydrogen (secondary N) is 1. The Morgan fingerprint density at radius 2 is 2.05 bits per heavy atom. The predicted molar refractivity (Wildman–Crippen MR) is 88.6 cm³/mol. The number of hydrogen-bond acceptors (Lipinski definition) is 3. The molecule has 2 aliphatic rings. The van der Waals surface area contributed by atoms with Gasteiger partial charge in [-0.3, -0.25) is 4.90 Å². The highest BCUT2D eigenvalue weighted by atomic mass is 15.3. The molecule has 0 amide bonds. The van der Waals surface area contributed by atoms with Crippen LogP contribution in [0, 0.1) is 0 Å². The minimum atomic E-state index is 0.501. The third-order valence-electron chi connectivity index (χ3n) is 5.30. The minimum Gasteiger partial charge on any atom is -0.309 e. The Morgan fingerprint density at radius 3 is 2.76 bits per heavy atom. The van der Waals surface area contributed by atoms with Gasteiger partial charge in [0.15, 0.2) is 0 Å². The highest BCUT2D eigenvalue weighted by Crippen LogP contribution is 2.34. The van der Waals surface area contributed by atoms with Gasteiger partial charge in [0, 0.05) is 31.2 Å². The van der Waals surface area contributed by atoms with E-state index in [4.69, 9.17) is 0 Å². The van der Waals surface area contributed by atoms with Crippen LogP contribution in [0.2, 0.25) is 0 Å². The van der Waals surface area contributed by atoms with Crippen LogP contribution in [0.25, 0.3) is 0 Å². The Kier molecular flexibility index (Phi) is 4.63. The van der Waals surface area contributed by atoms with E-state index in [1.165, 1.54) is 37.9 Å². The van der Waals surface area contributed by atoms with Gasteiger partial charge in [-0.05, 0) is 51.0 Å². The van der Waals surface area contributed by atoms with E-state index in [-0.39, 0.29) is 0 Å². The number of fused-ring (bicyclic) bond motifs is 1. The van der Waals surface area contributed by atoms with Crippen LogP contribution in [0.15, 0.2) is 24.3 Å². The first-order valence-electron chi connectivity index (χ1n) is 8.42. The van der Waals surface area contributed by atoms with E-state index in [1.807, 2.05) is 0 Å². The van der Waals surface area contributed by atoms with Crippen molar-refractivity contribution in [1.82, 2.24) is 15.1 Å². The molecule has 0 radical (unpaired) electrons. The zero-order valence-electron chi connectivity index (χ0n) is 13.7. The molecule has 1 aliphatic carbocycles. The molecule has 1 saturated heterocycles. The molecule has 1 N–H and O–H groups in total. The monoisotopic (exact) mass is 287 g/mol. The molecule has 1 fully saturated rings. The number of likely N-dealkylation sites (N-methyl/N-ethyl adjacent to an activating group) is 2. The molecule has 3 nitrogen and oxygen atoms in total. The number of benzene rings is 1. The van der Waals surface area contributed by atoms with E-state index in [0.717, 1.165) is 12.6 Å². The van der Waals surface area contributed by atoms with Gasteiger partial charge >= 0.3 is 0 Å². The smallest absolute Gasteiger partial charge is 0.0480 e. The molecule has 3 rings (SSSR count). The van der Waals surface area contributed by atoms with Crippen LogP contribution in [0.5, 0.6) is 0 Å². The lowest BCUT2D eigenvalue weighted by molar-refractivity contribution is 0.160. The van der Waals surface area contributed by atoms with Gasteiger partial charge in [-0.25, -0.2) is 0 Å². The summed E-state index contributed by atoms with van der Waals surface area (Å²) >= 11 is 0. The second-order valence-electron chi connectivity index (χ2n) is 6.74. The summed E-state index contributed by atoms with van der Waals surface area (Å²) < 4.78 is 0. The molecule has 0 aromatic heterocycles. The summed E-state index contributed by atoms with van der Waals surface area (Å²) in [6.07, 6.45) is 3.82. The number of likely N-dealkylation sites (tertiary alicyclic amines) is 1. The molecular formula is C18H29N3. The summed E-state index contributed by atoms with van der Waals surface area (Å²) in [5.41, 5.74) is 3.08. The van der Waals surface area contributed by atoms with Crippen molar-refractivity contribution in [3.05, 3.63) is 35.4 Å². The SMILES string of the molecule is CCNC1c2ccccc2CCC1N1CCC(N(C)C)C1. The maximum absolute atomic E-state index is 3.76. The molecule has 3 atom stereocenters. The van der Waals surface area contributed by atoms with Crippen LogP contribution in [-0.2, 0) is 6.42 Å². The van der Waals surface area contributed by atoms with Crippen LogP contribution >= 0.6 is 0 Å². The lowest BCUT2D eigenvalue weighted by Crippen LogP contribution is -2.47. The van der Waals surface area contributed by atoms with E-state index in [1.54, 1.807) is 5.56 Å². The van der Waals surface area contributed by atoms with Gasteiger partial charge in [0.1, 0.15) is 0 Å². The van der Waals surface area contributed by atoms with Gasteiger partial charge < -0.3 is 10.2 Å². The molecule has 116 valence electrons. The van der Waals surface area contributed by atoms with Crippen LogP contribution in [-0.4, -0.2) is 55.6 Å². The molecular weight excluding hydrogens is 258 g/mol. The van der Waals surface area contributed by atoms with Crippen molar-refractivity contribution >= 4 is 0 Å². The molecule has 0 saturated carbocycles. The Morgan fingerprint density at radius 1 is 1.24 bits per heavy atom. The van der Waals surface area contributed by atoms with E-state index in [9.17, 15) is 0 Å². The molecule has 1 heterocycles. The van der Waals surface area contributed by atoms with Gasteiger partial charge in [-0.1, -0.05) is 31.2 Å². The van der Waals surface area contributed by atoms with Crippen LogP contribution in [0.4, 0.5) is 0 Å². The third-order valence-corrected chi connectivity index (χ3v) is 5.30. The van der Waals surface area contributed by atoms with Crippen molar-refractivity contribution < 1.29 is 0 Å². The van der Waals surface area contributed by atoms with Crippen LogP contribution in [0.3, 0.4) is 0 Å². The molecule has 1 aromatic rings. The predicted octanol–water partition coefficient (Wildman–Crippen LogP) is 2.29. The van der Waals surface area contributed by atoms with Crippen molar-refractivity contribution in [3.8, 4) is 0 Å². The van der Waals surface area contributed by atoms with E-state index >= 15 is 0 Å². The normalized spacial score (nSPS) is 29.8. The van der Waals surface area contributed by atoms with Gasteiger partial charge in [-0.2, -0.15) is 0 Å². The van der Waals surface area contributed by atoms with Crippen molar-refractivity contribution in [2.24, 2.45) is 0 Å². The van der Waals surface area contributed by atoms with E-state index < -0.39 is 0 Å². The lowest BCUT2D eigenvalue weighted by Gasteiger charge is -2.40. The first-order valence-corrected chi connectivity index (χ1v) is 8.42. The van der Waals surface area contributed by atoms with Gasteiger partial charge in [-0.15, -0.1) is 0 Å². The maximum atomic E-state index is 3.76.